The molecule has 0 fully saturated rings. The summed E-state index contributed by atoms with van der Waals surface area (Å²) in [5.74, 6) is 0.293. The van der Waals surface area contributed by atoms with Crippen molar-refractivity contribution in [3.63, 3.8) is 0 Å². The smallest absolute Gasteiger partial charge is 0.0725 e. The summed E-state index contributed by atoms with van der Waals surface area (Å²) in [5, 5.41) is 0. The van der Waals surface area contributed by atoms with Crippen molar-refractivity contribution < 1.29 is 0 Å². The molecule has 5 aliphatic rings. The first-order valence-electron chi connectivity index (χ1n) is 20.3. The largest absolute Gasteiger partial charge is 0.333 e. The van der Waals surface area contributed by atoms with E-state index in [9.17, 15) is 0 Å². The summed E-state index contributed by atoms with van der Waals surface area (Å²) >= 11 is 0. The van der Waals surface area contributed by atoms with Gasteiger partial charge in [0.15, 0.2) is 0 Å². The second-order valence-corrected chi connectivity index (χ2v) is 16.3. The van der Waals surface area contributed by atoms with Gasteiger partial charge < -0.3 is 4.90 Å². The van der Waals surface area contributed by atoms with Crippen LogP contribution in [0.3, 0.4) is 0 Å². The number of para-hydroxylation sites is 2. The molecule has 1 spiro atoms. The van der Waals surface area contributed by atoms with Gasteiger partial charge in [0.05, 0.1) is 11.5 Å². The van der Waals surface area contributed by atoms with Gasteiger partial charge >= 0.3 is 0 Å². The van der Waals surface area contributed by atoms with Crippen molar-refractivity contribution in [3.8, 4) is 44.5 Å². The van der Waals surface area contributed by atoms with Crippen molar-refractivity contribution >= 4 is 16.9 Å². The summed E-state index contributed by atoms with van der Waals surface area (Å²) in [6.07, 6.45) is 8.26. The zero-order chi connectivity index (χ0) is 37.2. The van der Waals surface area contributed by atoms with Crippen LogP contribution in [-0.4, -0.2) is 6.04 Å². The minimum Gasteiger partial charge on any atom is -0.333 e. The summed E-state index contributed by atoms with van der Waals surface area (Å²) in [4.78, 5) is 2.51. The number of hydrogen-bond acceptors (Lipinski definition) is 1. The Hall–Kier alpha value is -6.96. The molecule has 1 heterocycles. The second-order valence-electron chi connectivity index (χ2n) is 16.3. The van der Waals surface area contributed by atoms with Gasteiger partial charge in [-0.15, -0.1) is 0 Å². The Morgan fingerprint density at radius 3 is 1.68 bits per heavy atom. The highest BCUT2D eigenvalue weighted by Gasteiger charge is 2.51. The van der Waals surface area contributed by atoms with E-state index in [1.807, 2.05) is 0 Å². The van der Waals surface area contributed by atoms with E-state index in [-0.39, 0.29) is 11.5 Å². The fourth-order valence-electron chi connectivity index (χ4n) is 11.2. The molecule has 57 heavy (non-hydrogen) atoms. The molecule has 8 aromatic rings. The van der Waals surface area contributed by atoms with Crippen molar-refractivity contribution in [2.24, 2.45) is 0 Å². The van der Waals surface area contributed by atoms with Crippen LogP contribution >= 0.6 is 0 Å². The summed E-state index contributed by atoms with van der Waals surface area (Å²) in [6.45, 7) is 0. The Bertz CT molecular complexity index is 3010. The van der Waals surface area contributed by atoms with Gasteiger partial charge in [-0.05, 0) is 137 Å². The van der Waals surface area contributed by atoms with Crippen molar-refractivity contribution in [3.05, 3.63) is 245 Å². The number of anilines is 2. The van der Waals surface area contributed by atoms with Gasteiger partial charge in [0, 0.05) is 17.3 Å². The monoisotopic (exact) mass is 723 g/mol. The van der Waals surface area contributed by atoms with Gasteiger partial charge in [0.25, 0.3) is 0 Å². The SMILES string of the molecule is C1=CC2C(C=C1c1ccc3c(c1)-c1cc(-c4ccc5c(c4)C4(c6ccccc6-c6ccccc64)c4ccccc4-5)ccc1C3)c1ccccc1N2c1ccccc1. The van der Waals surface area contributed by atoms with Crippen LogP contribution in [-0.2, 0) is 11.8 Å². The number of allylic oxidation sites excluding steroid dienone is 2. The molecule has 13 rings (SSSR count). The highest BCUT2D eigenvalue weighted by molar-refractivity contribution is 5.96. The van der Waals surface area contributed by atoms with Crippen LogP contribution in [0.25, 0.3) is 50.1 Å². The van der Waals surface area contributed by atoms with E-state index in [4.69, 9.17) is 0 Å². The van der Waals surface area contributed by atoms with Crippen LogP contribution in [0.2, 0.25) is 0 Å². The normalized spacial score (nSPS) is 17.9. The maximum atomic E-state index is 2.51. The maximum Gasteiger partial charge on any atom is 0.0725 e. The van der Waals surface area contributed by atoms with E-state index in [2.05, 4.69) is 205 Å². The molecule has 0 amide bonds. The van der Waals surface area contributed by atoms with Crippen LogP contribution in [0.4, 0.5) is 11.4 Å². The van der Waals surface area contributed by atoms with Crippen molar-refractivity contribution in [1.82, 2.24) is 0 Å². The molecular formula is C56H37N. The number of fused-ring (bicyclic) bond motifs is 16. The highest BCUT2D eigenvalue weighted by Crippen LogP contribution is 2.63. The van der Waals surface area contributed by atoms with Gasteiger partial charge in [-0.25, -0.2) is 0 Å². The van der Waals surface area contributed by atoms with Gasteiger partial charge in [-0.3, -0.25) is 0 Å². The lowest BCUT2D eigenvalue weighted by Crippen LogP contribution is -2.28. The van der Waals surface area contributed by atoms with Crippen molar-refractivity contribution in [1.29, 1.82) is 0 Å². The third-order valence-electron chi connectivity index (χ3n) is 13.6. The predicted octanol–water partition coefficient (Wildman–Crippen LogP) is 13.5. The van der Waals surface area contributed by atoms with E-state index in [0.29, 0.717) is 5.92 Å². The minimum atomic E-state index is -0.342. The Morgan fingerprint density at radius 2 is 0.982 bits per heavy atom. The van der Waals surface area contributed by atoms with Crippen molar-refractivity contribution in [2.45, 2.75) is 23.8 Å². The Morgan fingerprint density at radius 1 is 0.439 bits per heavy atom. The Kier molecular flexibility index (Phi) is 6.33. The number of nitrogens with zero attached hydrogens (tertiary/aromatic N) is 1. The molecule has 1 nitrogen and oxygen atoms in total. The fraction of sp³-hybridized carbons (Fsp3) is 0.0714. The summed E-state index contributed by atoms with van der Waals surface area (Å²) in [5.41, 5.74) is 25.2. The summed E-state index contributed by atoms with van der Waals surface area (Å²) in [6, 6.07) is 68.9. The number of rotatable bonds is 3. The molecular weight excluding hydrogens is 687 g/mol. The van der Waals surface area contributed by atoms with Crippen molar-refractivity contribution in [2.75, 3.05) is 4.90 Å². The second kappa shape index (κ2) is 11.5. The molecule has 0 bridgehead atoms. The third-order valence-corrected chi connectivity index (χ3v) is 13.6. The van der Waals surface area contributed by atoms with Gasteiger partial charge in [-0.2, -0.15) is 0 Å². The third kappa shape index (κ3) is 4.18. The molecule has 1 heteroatoms. The minimum absolute atomic E-state index is 0.261. The summed E-state index contributed by atoms with van der Waals surface area (Å²) in [7, 11) is 0. The average molecular weight is 724 g/mol. The molecule has 0 saturated carbocycles. The molecule has 266 valence electrons. The first-order valence-corrected chi connectivity index (χ1v) is 20.3. The zero-order valence-electron chi connectivity index (χ0n) is 31.4. The van der Waals surface area contributed by atoms with Gasteiger partial charge in [0.2, 0.25) is 0 Å². The molecule has 0 radical (unpaired) electrons. The highest BCUT2D eigenvalue weighted by atomic mass is 15.2. The van der Waals surface area contributed by atoms with E-state index in [0.717, 1.165) is 6.42 Å². The Balaban J connectivity index is 0.904. The van der Waals surface area contributed by atoms with Gasteiger partial charge in [-0.1, -0.05) is 164 Å². The van der Waals surface area contributed by atoms with E-state index < -0.39 is 0 Å². The lowest BCUT2D eigenvalue weighted by Gasteiger charge is -2.30. The molecule has 0 N–H and O–H groups in total. The predicted molar refractivity (Wildman–Crippen MR) is 235 cm³/mol. The number of hydrogen-bond donors (Lipinski definition) is 0. The topological polar surface area (TPSA) is 3.24 Å². The van der Waals surface area contributed by atoms with Crippen LogP contribution in [0.15, 0.2) is 200 Å². The average Bonchev–Trinajstić information content (AvgIpc) is 3.99. The lowest BCUT2D eigenvalue weighted by atomic mass is 9.70. The van der Waals surface area contributed by atoms with Crippen LogP contribution in [0.5, 0.6) is 0 Å². The molecule has 2 atom stereocenters. The first kappa shape index (κ1) is 31.3. The maximum absolute atomic E-state index is 2.51. The fourth-order valence-corrected chi connectivity index (χ4v) is 11.2. The van der Waals surface area contributed by atoms with Gasteiger partial charge in [0.1, 0.15) is 0 Å². The zero-order valence-corrected chi connectivity index (χ0v) is 31.4. The standard InChI is InChI=1S/C56H37N/c1-2-12-41(13-3-1)57-54-21-11-7-17-46(54)49-33-37(27-29-55(49)57)35-22-24-39-30-40-25-23-36(32-48(40)47(39)31-35)38-26-28-45-44-16-6-10-20-52(44)56(53(45)34-38)50-18-8-4-14-42(50)43-15-5-9-19-51(43)56/h1-29,31-34,49,55H,30H2. The lowest BCUT2D eigenvalue weighted by molar-refractivity contribution is 0.747. The van der Waals surface area contributed by atoms with Crippen LogP contribution in [0, 0.1) is 0 Å². The van der Waals surface area contributed by atoms with Crippen LogP contribution in [0.1, 0.15) is 50.4 Å². The van der Waals surface area contributed by atoms with E-state index in [1.54, 1.807) is 0 Å². The molecule has 4 aliphatic carbocycles. The summed E-state index contributed by atoms with van der Waals surface area (Å²) < 4.78 is 0. The quantitative estimate of drug-likeness (QED) is 0.175. The van der Waals surface area contributed by atoms with E-state index in [1.165, 1.54) is 106 Å². The molecule has 1 aliphatic heterocycles. The first-order chi connectivity index (χ1) is 28.3. The number of benzene rings is 8. The van der Waals surface area contributed by atoms with E-state index >= 15 is 0 Å². The molecule has 0 aromatic heterocycles. The van der Waals surface area contributed by atoms with Crippen LogP contribution < -0.4 is 4.90 Å². The molecule has 8 aromatic carbocycles. The molecule has 0 saturated heterocycles. The molecule has 2 unspecified atom stereocenters. The Labute approximate surface area is 333 Å².